The molecular weight excluding hydrogens is 262 g/mol. The van der Waals surface area contributed by atoms with E-state index in [2.05, 4.69) is 9.82 Å². The van der Waals surface area contributed by atoms with Gasteiger partial charge < -0.3 is 0 Å². The Morgan fingerprint density at radius 2 is 1.95 bits per heavy atom. The van der Waals surface area contributed by atoms with Crippen LogP contribution in [0.15, 0.2) is 11.1 Å². The molecule has 0 saturated heterocycles. The minimum absolute atomic E-state index is 0.0804. The molecule has 1 aliphatic rings. The first-order chi connectivity index (χ1) is 9.03. The van der Waals surface area contributed by atoms with Gasteiger partial charge in [-0.3, -0.25) is 4.68 Å². The largest absolute Gasteiger partial charge is 0.271 e. The van der Waals surface area contributed by atoms with E-state index >= 15 is 0 Å². The van der Waals surface area contributed by atoms with Gasteiger partial charge in [0.25, 0.3) is 0 Å². The summed E-state index contributed by atoms with van der Waals surface area (Å²) in [6.07, 6.45) is 8.16. The summed E-state index contributed by atoms with van der Waals surface area (Å²) in [6.45, 7) is 4.37. The molecule has 1 fully saturated rings. The highest BCUT2D eigenvalue weighted by Gasteiger charge is 2.24. The van der Waals surface area contributed by atoms with Gasteiger partial charge in [0.15, 0.2) is 0 Å². The molecule has 1 N–H and O–H groups in total. The van der Waals surface area contributed by atoms with Crippen LogP contribution in [-0.2, 0) is 16.6 Å². The van der Waals surface area contributed by atoms with Crippen LogP contribution in [0.1, 0.15) is 51.1 Å². The van der Waals surface area contributed by atoms with Crippen LogP contribution in [0.25, 0.3) is 0 Å². The molecule has 0 atom stereocenters. The molecule has 1 aromatic heterocycles. The summed E-state index contributed by atoms with van der Waals surface area (Å²) >= 11 is 0. The van der Waals surface area contributed by atoms with Gasteiger partial charge in [-0.2, -0.15) is 5.10 Å². The van der Waals surface area contributed by atoms with Crippen molar-refractivity contribution in [1.82, 2.24) is 14.5 Å². The van der Waals surface area contributed by atoms with Crippen molar-refractivity contribution in [2.75, 3.05) is 0 Å². The molecule has 6 heteroatoms. The monoisotopic (exact) mass is 285 g/mol. The number of aromatic nitrogens is 2. The van der Waals surface area contributed by atoms with Crippen LogP contribution in [0.3, 0.4) is 0 Å². The topological polar surface area (TPSA) is 64.0 Å². The summed E-state index contributed by atoms with van der Waals surface area (Å²) in [7, 11) is -3.43. The first-order valence-electron chi connectivity index (χ1n) is 7.09. The Bertz CT molecular complexity index is 514. The highest BCUT2D eigenvalue weighted by Crippen LogP contribution is 2.20. The minimum Gasteiger partial charge on any atom is -0.271 e. The number of hydrogen-bond acceptors (Lipinski definition) is 3. The average Bonchev–Trinajstić information content (AvgIpc) is 2.57. The van der Waals surface area contributed by atoms with E-state index < -0.39 is 10.0 Å². The summed E-state index contributed by atoms with van der Waals surface area (Å²) in [5.74, 6) is 0. The molecule has 0 bridgehead atoms. The molecule has 1 heterocycles. The molecule has 0 amide bonds. The highest BCUT2D eigenvalue weighted by atomic mass is 32.2. The first-order valence-corrected chi connectivity index (χ1v) is 8.57. The summed E-state index contributed by atoms with van der Waals surface area (Å²) in [4.78, 5) is 0.318. The van der Waals surface area contributed by atoms with Crippen LogP contribution < -0.4 is 4.72 Å². The quantitative estimate of drug-likeness (QED) is 0.863. The molecule has 1 aliphatic carbocycles. The van der Waals surface area contributed by atoms with E-state index in [-0.39, 0.29) is 6.04 Å². The molecule has 0 aromatic carbocycles. The number of sulfonamides is 1. The zero-order chi connectivity index (χ0) is 13.9. The lowest BCUT2D eigenvalue weighted by molar-refractivity contribution is 0.509. The highest BCUT2D eigenvalue weighted by molar-refractivity contribution is 7.89. The van der Waals surface area contributed by atoms with Gasteiger partial charge in [-0.25, -0.2) is 13.1 Å². The lowest BCUT2D eigenvalue weighted by atomic mass is 10.1. The average molecular weight is 285 g/mol. The van der Waals surface area contributed by atoms with E-state index in [1.165, 1.54) is 12.8 Å². The Balaban J connectivity index is 2.14. The van der Waals surface area contributed by atoms with Crippen molar-refractivity contribution in [3.05, 3.63) is 11.9 Å². The van der Waals surface area contributed by atoms with Crippen molar-refractivity contribution >= 4 is 10.0 Å². The number of nitrogens with one attached hydrogen (secondary N) is 1. The fourth-order valence-corrected chi connectivity index (χ4v) is 4.10. The molecule has 0 aliphatic heterocycles. The third kappa shape index (κ3) is 3.57. The molecule has 5 nitrogen and oxygen atoms in total. The van der Waals surface area contributed by atoms with Gasteiger partial charge in [-0.15, -0.1) is 0 Å². The fourth-order valence-electron chi connectivity index (χ4n) is 2.61. The summed E-state index contributed by atoms with van der Waals surface area (Å²) in [5.41, 5.74) is 0.572. The zero-order valence-corrected chi connectivity index (χ0v) is 12.5. The van der Waals surface area contributed by atoms with Crippen LogP contribution in [-0.4, -0.2) is 24.2 Å². The number of rotatable bonds is 4. The smallest absolute Gasteiger partial charge is 0.244 e. The van der Waals surface area contributed by atoms with Crippen LogP contribution >= 0.6 is 0 Å². The van der Waals surface area contributed by atoms with Crippen LogP contribution in [0.4, 0.5) is 0 Å². The predicted molar refractivity (Wildman–Crippen MR) is 74.4 cm³/mol. The van der Waals surface area contributed by atoms with Crippen LogP contribution in [0.5, 0.6) is 0 Å². The Morgan fingerprint density at radius 1 is 1.32 bits per heavy atom. The molecule has 19 heavy (non-hydrogen) atoms. The summed E-state index contributed by atoms with van der Waals surface area (Å²) in [6, 6.07) is 0.0804. The Morgan fingerprint density at radius 3 is 2.47 bits per heavy atom. The van der Waals surface area contributed by atoms with E-state index in [0.717, 1.165) is 25.7 Å². The third-order valence-electron chi connectivity index (χ3n) is 3.69. The first kappa shape index (κ1) is 14.5. The molecule has 108 valence electrons. The Hall–Kier alpha value is -0.880. The van der Waals surface area contributed by atoms with E-state index in [0.29, 0.717) is 17.1 Å². The van der Waals surface area contributed by atoms with E-state index in [1.54, 1.807) is 17.8 Å². The predicted octanol–water partition coefficient (Wildman–Crippen LogP) is 2.21. The van der Waals surface area contributed by atoms with Crippen molar-refractivity contribution in [3.8, 4) is 0 Å². The molecule has 0 spiro atoms. The van der Waals surface area contributed by atoms with E-state index in [1.807, 2.05) is 6.92 Å². The van der Waals surface area contributed by atoms with Gasteiger partial charge in [0.2, 0.25) is 10.0 Å². The zero-order valence-electron chi connectivity index (χ0n) is 11.7. The maximum Gasteiger partial charge on any atom is 0.244 e. The van der Waals surface area contributed by atoms with Gasteiger partial charge in [0, 0.05) is 18.8 Å². The number of hydrogen-bond donors (Lipinski definition) is 1. The Labute approximate surface area is 115 Å². The van der Waals surface area contributed by atoms with Crippen molar-refractivity contribution < 1.29 is 8.42 Å². The van der Waals surface area contributed by atoms with Crippen molar-refractivity contribution in [1.29, 1.82) is 0 Å². The fraction of sp³-hybridized carbons (Fsp3) is 0.769. The molecule has 1 saturated carbocycles. The van der Waals surface area contributed by atoms with Crippen LogP contribution in [0.2, 0.25) is 0 Å². The molecule has 0 unspecified atom stereocenters. The van der Waals surface area contributed by atoms with E-state index in [9.17, 15) is 8.42 Å². The minimum atomic E-state index is -3.43. The van der Waals surface area contributed by atoms with Crippen LogP contribution in [0, 0.1) is 6.92 Å². The van der Waals surface area contributed by atoms with Gasteiger partial charge in [-0.1, -0.05) is 25.7 Å². The second-order valence-electron chi connectivity index (χ2n) is 5.24. The lowest BCUT2D eigenvalue weighted by Gasteiger charge is -2.15. The second-order valence-corrected chi connectivity index (χ2v) is 6.93. The van der Waals surface area contributed by atoms with Crippen molar-refractivity contribution in [3.63, 3.8) is 0 Å². The van der Waals surface area contributed by atoms with Crippen molar-refractivity contribution in [2.45, 2.75) is 69.9 Å². The van der Waals surface area contributed by atoms with Gasteiger partial charge in [0.05, 0.1) is 5.69 Å². The van der Waals surface area contributed by atoms with Gasteiger partial charge >= 0.3 is 0 Å². The standard InChI is InChI=1S/C13H23N3O2S/c1-3-16-10-13(11(2)14-16)19(17,18)15-12-8-6-4-5-7-9-12/h10,12,15H,3-9H2,1-2H3. The molecular formula is C13H23N3O2S. The molecule has 0 radical (unpaired) electrons. The normalized spacial score (nSPS) is 18.4. The summed E-state index contributed by atoms with van der Waals surface area (Å²) in [5, 5.41) is 4.20. The number of nitrogens with zero attached hydrogens (tertiary/aromatic N) is 2. The van der Waals surface area contributed by atoms with Gasteiger partial charge in [0.1, 0.15) is 4.90 Å². The molecule has 2 rings (SSSR count). The van der Waals surface area contributed by atoms with Crippen molar-refractivity contribution in [2.24, 2.45) is 0 Å². The Kier molecular flexibility index (Phi) is 4.62. The van der Waals surface area contributed by atoms with E-state index in [4.69, 9.17) is 0 Å². The summed E-state index contributed by atoms with van der Waals surface area (Å²) < 4.78 is 29.3. The lowest BCUT2D eigenvalue weighted by Crippen LogP contribution is -2.34. The second kappa shape index (κ2) is 6.05. The van der Waals surface area contributed by atoms with Gasteiger partial charge in [-0.05, 0) is 26.7 Å². The third-order valence-corrected chi connectivity index (χ3v) is 5.32. The SMILES string of the molecule is CCn1cc(S(=O)(=O)NC2CCCCCC2)c(C)n1. The maximum absolute atomic E-state index is 12.4. The number of aryl methyl sites for hydroxylation is 2. The maximum atomic E-state index is 12.4. The molecule has 1 aromatic rings.